The Balaban J connectivity index is 1.17. The van der Waals surface area contributed by atoms with Crippen molar-refractivity contribution >= 4 is 28.8 Å². The quantitative estimate of drug-likeness (QED) is 0.240. The third-order valence-corrected chi connectivity index (χ3v) is 7.22. The summed E-state index contributed by atoms with van der Waals surface area (Å²) in [5.74, 6) is -0.993. The Morgan fingerprint density at radius 1 is 1.17 bits per heavy atom. The summed E-state index contributed by atoms with van der Waals surface area (Å²) < 4.78 is 26.8. The van der Waals surface area contributed by atoms with Gasteiger partial charge in [-0.05, 0) is 42.3 Å². The van der Waals surface area contributed by atoms with E-state index in [4.69, 9.17) is 25.7 Å². The number of halogens is 2. The van der Waals surface area contributed by atoms with Gasteiger partial charge in [-0.2, -0.15) is 0 Å². The number of pyridine rings is 2. The molecule has 0 saturated carbocycles. The van der Waals surface area contributed by atoms with E-state index in [1.807, 2.05) is 16.5 Å². The first-order chi connectivity index (χ1) is 19.9. The molecule has 1 aliphatic rings. The Labute approximate surface area is 239 Å². The lowest BCUT2D eigenvalue weighted by atomic mass is 10.0. The molecule has 0 fully saturated rings. The van der Waals surface area contributed by atoms with Crippen molar-refractivity contribution < 1.29 is 23.4 Å². The molecule has 0 bridgehead atoms. The van der Waals surface area contributed by atoms with Crippen molar-refractivity contribution in [3.63, 3.8) is 0 Å². The zero-order chi connectivity index (χ0) is 28.3. The molecular weight excluding hydrogens is 549 g/mol. The number of hydrogen-bond acceptors (Lipinski definition) is 7. The molecule has 6 rings (SSSR count). The predicted octanol–water partition coefficient (Wildman–Crippen LogP) is 5.67. The van der Waals surface area contributed by atoms with E-state index in [9.17, 15) is 14.3 Å². The third kappa shape index (κ3) is 5.98. The van der Waals surface area contributed by atoms with Crippen LogP contribution in [-0.4, -0.2) is 48.4 Å². The monoisotopic (exact) mass is 573 g/mol. The average Bonchev–Trinajstić information content (AvgIpc) is 3.61. The van der Waals surface area contributed by atoms with Crippen LogP contribution in [0.15, 0.2) is 77.9 Å². The van der Waals surface area contributed by atoms with Crippen LogP contribution in [0.3, 0.4) is 0 Å². The fourth-order valence-corrected chi connectivity index (χ4v) is 5.00. The summed E-state index contributed by atoms with van der Waals surface area (Å²) in [6.45, 7) is 2.11. The van der Waals surface area contributed by atoms with E-state index >= 15 is 0 Å². The maximum atomic E-state index is 14.1. The molecule has 41 heavy (non-hydrogen) atoms. The minimum atomic E-state index is -0.997. The van der Waals surface area contributed by atoms with Gasteiger partial charge in [-0.1, -0.05) is 29.8 Å². The van der Waals surface area contributed by atoms with Gasteiger partial charge in [-0.15, -0.1) is 0 Å². The van der Waals surface area contributed by atoms with E-state index < -0.39 is 11.8 Å². The number of carboxylic acids is 1. The van der Waals surface area contributed by atoms with E-state index in [1.165, 1.54) is 12.5 Å². The standard InChI is InChI=1S/C30H25ClFN5O4/c31-22-6-4-21(24(32)12-22)16-41-29-3-1-2-25(35-29)19-8-10-36(11-9-19)15-26-27(13-23-17-40-18-33-23)37-14-20(30(38)39)5-7-28(37)34-26/h1-8,12,14,17-18H,9-11,13,15-16H2,(H,38,39). The van der Waals surface area contributed by atoms with Crippen molar-refractivity contribution in [2.75, 3.05) is 13.1 Å². The lowest BCUT2D eigenvalue weighted by Crippen LogP contribution is -2.28. The fraction of sp³-hybridized carbons (Fsp3) is 0.200. The third-order valence-electron chi connectivity index (χ3n) is 6.99. The van der Waals surface area contributed by atoms with Crippen molar-refractivity contribution in [3.8, 4) is 5.88 Å². The highest BCUT2D eigenvalue weighted by molar-refractivity contribution is 6.30. The van der Waals surface area contributed by atoms with Gasteiger partial charge in [0.05, 0.1) is 28.3 Å². The second-order valence-electron chi connectivity index (χ2n) is 9.71. The molecule has 5 aromatic rings. The molecule has 0 atom stereocenters. The normalized spacial score (nSPS) is 13.9. The molecule has 9 nitrogen and oxygen atoms in total. The number of fused-ring (bicyclic) bond motifs is 1. The summed E-state index contributed by atoms with van der Waals surface area (Å²) in [6.07, 6.45) is 7.93. The van der Waals surface area contributed by atoms with E-state index in [0.29, 0.717) is 41.6 Å². The van der Waals surface area contributed by atoms with Gasteiger partial charge in [-0.25, -0.2) is 24.1 Å². The molecule has 0 spiro atoms. The first-order valence-corrected chi connectivity index (χ1v) is 13.4. The largest absolute Gasteiger partial charge is 0.478 e. The minimum absolute atomic E-state index is 0.0515. The highest BCUT2D eigenvalue weighted by atomic mass is 35.5. The van der Waals surface area contributed by atoms with Gasteiger partial charge in [0.15, 0.2) is 6.39 Å². The lowest BCUT2D eigenvalue weighted by Gasteiger charge is -2.26. The highest BCUT2D eigenvalue weighted by Crippen LogP contribution is 2.26. The lowest BCUT2D eigenvalue weighted by molar-refractivity contribution is 0.0696. The van der Waals surface area contributed by atoms with E-state index in [1.54, 1.807) is 42.8 Å². The first-order valence-electron chi connectivity index (χ1n) is 13.0. The smallest absolute Gasteiger partial charge is 0.337 e. The Morgan fingerprint density at radius 3 is 2.83 bits per heavy atom. The molecule has 11 heteroatoms. The number of hydrogen-bond donors (Lipinski definition) is 1. The van der Waals surface area contributed by atoms with Crippen LogP contribution in [0.1, 0.15) is 45.1 Å². The average molecular weight is 574 g/mol. The van der Waals surface area contributed by atoms with Crippen molar-refractivity contribution in [1.82, 2.24) is 24.3 Å². The molecule has 0 unspecified atom stereocenters. The number of imidazole rings is 1. The van der Waals surface area contributed by atoms with E-state index in [0.717, 1.165) is 41.3 Å². The van der Waals surface area contributed by atoms with Gasteiger partial charge in [-0.3, -0.25) is 4.90 Å². The van der Waals surface area contributed by atoms with Crippen LogP contribution in [0, 0.1) is 5.82 Å². The number of aromatic carboxylic acids is 1. The van der Waals surface area contributed by atoms with Gasteiger partial charge in [0.25, 0.3) is 0 Å². The second kappa shape index (κ2) is 11.5. The molecule has 208 valence electrons. The summed E-state index contributed by atoms with van der Waals surface area (Å²) in [4.78, 5) is 27.6. The number of carboxylic acid groups (broad SMARTS) is 1. The van der Waals surface area contributed by atoms with Gasteiger partial charge in [0.1, 0.15) is 24.3 Å². The molecule has 0 saturated heterocycles. The Bertz CT molecular complexity index is 1750. The first kappa shape index (κ1) is 26.7. The van der Waals surface area contributed by atoms with Crippen LogP contribution in [-0.2, 0) is 19.6 Å². The zero-order valence-electron chi connectivity index (χ0n) is 21.8. The van der Waals surface area contributed by atoms with Crippen LogP contribution in [0.2, 0.25) is 5.02 Å². The maximum Gasteiger partial charge on any atom is 0.337 e. The molecule has 4 aromatic heterocycles. The molecule has 0 radical (unpaired) electrons. The summed E-state index contributed by atoms with van der Waals surface area (Å²) in [5, 5.41) is 9.83. The summed E-state index contributed by atoms with van der Waals surface area (Å²) in [5.41, 5.74) is 5.66. The molecule has 0 aliphatic carbocycles. The highest BCUT2D eigenvalue weighted by Gasteiger charge is 2.21. The molecule has 1 aliphatic heterocycles. The number of carbonyl (C=O) groups is 1. The van der Waals surface area contributed by atoms with E-state index in [2.05, 4.69) is 20.9 Å². The number of benzene rings is 1. The van der Waals surface area contributed by atoms with Gasteiger partial charge in [0.2, 0.25) is 5.88 Å². The number of ether oxygens (including phenoxy) is 1. The van der Waals surface area contributed by atoms with Crippen molar-refractivity contribution in [2.24, 2.45) is 0 Å². The van der Waals surface area contributed by atoms with Crippen LogP contribution in [0.4, 0.5) is 4.39 Å². The Morgan fingerprint density at radius 2 is 2.07 bits per heavy atom. The topological polar surface area (TPSA) is 106 Å². The van der Waals surface area contributed by atoms with Crippen molar-refractivity contribution in [1.29, 1.82) is 0 Å². The minimum Gasteiger partial charge on any atom is -0.478 e. The maximum absolute atomic E-state index is 14.1. The number of nitrogens with zero attached hydrogens (tertiary/aromatic N) is 5. The van der Waals surface area contributed by atoms with Crippen LogP contribution in [0.5, 0.6) is 5.88 Å². The molecular formula is C30H25ClFN5O4. The molecule has 1 aromatic carbocycles. The molecule has 0 amide bonds. The Hall–Kier alpha value is -4.54. The number of oxazole rings is 1. The SMILES string of the molecule is O=C(O)c1ccc2nc(CN3CC=C(c4cccc(OCc5ccc(Cl)cc5F)n4)CC3)c(Cc3cocn3)n2c1. The van der Waals surface area contributed by atoms with Crippen LogP contribution in [0.25, 0.3) is 11.2 Å². The van der Waals surface area contributed by atoms with Crippen LogP contribution >= 0.6 is 11.6 Å². The fourth-order valence-electron chi connectivity index (χ4n) is 4.84. The summed E-state index contributed by atoms with van der Waals surface area (Å²) >= 11 is 5.83. The van der Waals surface area contributed by atoms with E-state index in [-0.39, 0.29) is 12.2 Å². The molecule has 1 N–H and O–H groups in total. The van der Waals surface area contributed by atoms with Gasteiger partial charge >= 0.3 is 5.97 Å². The van der Waals surface area contributed by atoms with Gasteiger partial charge in [0, 0.05) is 48.9 Å². The van der Waals surface area contributed by atoms with Crippen molar-refractivity contribution in [2.45, 2.75) is 26.0 Å². The zero-order valence-corrected chi connectivity index (χ0v) is 22.6. The molecule has 5 heterocycles. The number of aromatic nitrogens is 4. The van der Waals surface area contributed by atoms with Gasteiger partial charge < -0.3 is 18.7 Å². The van der Waals surface area contributed by atoms with Crippen molar-refractivity contribution in [3.05, 3.63) is 118 Å². The summed E-state index contributed by atoms with van der Waals surface area (Å²) in [7, 11) is 0. The second-order valence-corrected chi connectivity index (χ2v) is 10.1. The number of rotatable bonds is 9. The Kier molecular flexibility index (Phi) is 7.49. The van der Waals surface area contributed by atoms with Crippen LogP contribution < -0.4 is 4.74 Å². The predicted molar refractivity (Wildman–Crippen MR) is 149 cm³/mol. The summed E-state index contributed by atoms with van der Waals surface area (Å²) in [6, 6.07) is 13.3.